The fourth-order valence-corrected chi connectivity index (χ4v) is 4.91. The highest BCUT2D eigenvalue weighted by Gasteiger charge is 2.26. The van der Waals surface area contributed by atoms with Crippen molar-refractivity contribution in [3.05, 3.63) is 63.2 Å². The summed E-state index contributed by atoms with van der Waals surface area (Å²) < 4.78 is 27.4. The first-order chi connectivity index (χ1) is 13.8. The number of carbonyl (C=O) groups excluding carboxylic acids is 1. The van der Waals surface area contributed by atoms with E-state index in [0.29, 0.717) is 13.1 Å². The van der Waals surface area contributed by atoms with Gasteiger partial charge in [0.05, 0.1) is 20.4 Å². The van der Waals surface area contributed by atoms with Crippen LogP contribution in [0.5, 0.6) is 0 Å². The van der Waals surface area contributed by atoms with Crippen molar-refractivity contribution < 1.29 is 18.1 Å². The number of rotatable bonds is 5. The minimum Gasteiger partial charge on any atom is -0.322 e. The Hall–Kier alpha value is -2.49. The fraction of sp³-hybridized carbons (Fsp3) is 0.316. The second kappa shape index (κ2) is 8.89. The van der Waals surface area contributed by atoms with Crippen LogP contribution >= 0.6 is 11.6 Å². The van der Waals surface area contributed by atoms with E-state index in [1.807, 2.05) is 0 Å². The van der Waals surface area contributed by atoms with Crippen molar-refractivity contribution in [3.8, 4) is 0 Å². The highest BCUT2D eigenvalue weighted by Crippen LogP contribution is 2.26. The van der Waals surface area contributed by atoms with E-state index in [0.717, 1.165) is 25.7 Å². The number of nitrogens with zero attached hydrogens (tertiary/aromatic N) is 2. The molecular formula is C19H20ClN3O5S. The minimum absolute atomic E-state index is 0.00649. The molecule has 2 aromatic carbocycles. The van der Waals surface area contributed by atoms with Crippen LogP contribution in [0.15, 0.2) is 47.4 Å². The molecule has 0 atom stereocenters. The molecule has 1 heterocycles. The first-order valence-electron chi connectivity index (χ1n) is 9.14. The number of anilines is 1. The van der Waals surface area contributed by atoms with Gasteiger partial charge in [0, 0.05) is 30.9 Å². The van der Waals surface area contributed by atoms with Gasteiger partial charge in [0.15, 0.2) is 0 Å². The minimum atomic E-state index is -3.74. The highest BCUT2D eigenvalue weighted by molar-refractivity contribution is 7.89. The van der Waals surface area contributed by atoms with Crippen molar-refractivity contribution in [3.63, 3.8) is 0 Å². The molecule has 0 aliphatic carbocycles. The smallest absolute Gasteiger partial charge is 0.271 e. The Morgan fingerprint density at radius 1 is 1.07 bits per heavy atom. The zero-order chi connectivity index (χ0) is 21.0. The molecule has 29 heavy (non-hydrogen) atoms. The van der Waals surface area contributed by atoms with Crippen LogP contribution in [0.4, 0.5) is 11.4 Å². The molecule has 0 bridgehead atoms. The second-order valence-corrected chi connectivity index (χ2v) is 9.07. The van der Waals surface area contributed by atoms with Crippen molar-refractivity contribution >= 4 is 38.9 Å². The molecule has 3 rings (SSSR count). The van der Waals surface area contributed by atoms with Crippen molar-refractivity contribution in [1.29, 1.82) is 0 Å². The Morgan fingerprint density at radius 2 is 1.76 bits per heavy atom. The zero-order valence-corrected chi connectivity index (χ0v) is 17.1. The number of benzene rings is 2. The number of carbonyl (C=O) groups is 1. The SMILES string of the molecule is O=C(Nc1cccc([N+](=O)[O-])c1)c1cc(S(=O)(=O)N2CCCCCC2)ccc1Cl. The van der Waals surface area contributed by atoms with Crippen LogP contribution in [0.3, 0.4) is 0 Å². The molecule has 8 nitrogen and oxygen atoms in total. The van der Waals surface area contributed by atoms with Crippen molar-refractivity contribution in [2.75, 3.05) is 18.4 Å². The molecule has 1 N–H and O–H groups in total. The number of halogens is 1. The van der Waals surface area contributed by atoms with Gasteiger partial charge in [0.2, 0.25) is 10.0 Å². The van der Waals surface area contributed by atoms with Crippen molar-refractivity contribution in [1.82, 2.24) is 4.31 Å². The van der Waals surface area contributed by atoms with Gasteiger partial charge in [-0.1, -0.05) is 30.5 Å². The molecule has 0 saturated carbocycles. The molecule has 0 unspecified atom stereocenters. The quantitative estimate of drug-likeness (QED) is 0.560. The molecule has 154 valence electrons. The number of nitro groups is 1. The van der Waals surface area contributed by atoms with Crippen LogP contribution in [-0.4, -0.2) is 36.6 Å². The van der Waals surface area contributed by atoms with Gasteiger partial charge in [-0.05, 0) is 37.1 Å². The van der Waals surface area contributed by atoms with Gasteiger partial charge in [-0.15, -0.1) is 0 Å². The maximum atomic E-state index is 13.0. The topological polar surface area (TPSA) is 110 Å². The van der Waals surface area contributed by atoms with Crippen molar-refractivity contribution in [2.24, 2.45) is 0 Å². The summed E-state index contributed by atoms with van der Waals surface area (Å²) in [6.45, 7) is 0.889. The number of hydrogen-bond donors (Lipinski definition) is 1. The van der Waals surface area contributed by atoms with Gasteiger partial charge in [-0.25, -0.2) is 8.42 Å². The van der Waals surface area contributed by atoms with Gasteiger partial charge in [0.1, 0.15) is 0 Å². The van der Waals surface area contributed by atoms with E-state index >= 15 is 0 Å². The summed E-state index contributed by atoms with van der Waals surface area (Å²) in [6.07, 6.45) is 3.58. The fourth-order valence-electron chi connectivity index (χ4n) is 3.17. The van der Waals surface area contributed by atoms with Crippen LogP contribution in [0, 0.1) is 10.1 Å². The third-order valence-electron chi connectivity index (χ3n) is 4.70. The molecule has 0 radical (unpaired) electrons. The lowest BCUT2D eigenvalue weighted by Crippen LogP contribution is -2.32. The van der Waals surface area contributed by atoms with Gasteiger partial charge in [-0.2, -0.15) is 4.31 Å². The number of sulfonamides is 1. The molecule has 10 heteroatoms. The normalized spacial score (nSPS) is 15.5. The Morgan fingerprint density at radius 3 is 2.41 bits per heavy atom. The Balaban J connectivity index is 1.87. The summed E-state index contributed by atoms with van der Waals surface area (Å²) in [7, 11) is -3.74. The van der Waals surface area contributed by atoms with E-state index in [-0.39, 0.29) is 26.9 Å². The third-order valence-corrected chi connectivity index (χ3v) is 6.92. The Kier molecular flexibility index (Phi) is 6.51. The van der Waals surface area contributed by atoms with Gasteiger partial charge in [-0.3, -0.25) is 14.9 Å². The van der Waals surface area contributed by atoms with Gasteiger partial charge < -0.3 is 5.32 Å². The molecule has 0 spiro atoms. The molecule has 0 aromatic heterocycles. The number of nitro benzene ring substituents is 1. The van der Waals surface area contributed by atoms with Gasteiger partial charge in [0.25, 0.3) is 11.6 Å². The van der Waals surface area contributed by atoms with Gasteiger partial charge >= 0.3 is 0 Å². The Bertz CT molecular complexity index is 1030. The Labute approximate surface area is 173 Å². The van der Waals surface area contributed by atoms with E-state index < -0.39 is 20.9 Å². The van der Waals surface area contributed by atoms with E-state index in [9.17, 15) is 23.3 Å². The van der Waals surface area contributed by atoms with E-state index in [1.54, 1.807) is 0 Å². The van der Waals surface area contributed by atoms with Crippen molar-refractivity contribution in [2.45, 2.75) is 30.6 Å². The standard InChI is InChI=1S/C19H20ClN3O5S/c20-18-9-8-16(29(27,28)22-10-3-1-2-4-11-22)13-17(18)19(24)21-14-6-5-7-15(12-14)23(25)26/h5-9,12-13H,1-4,10-11H2,(H,21,24). The molecular weight excluding hydrogens is 418 g/mol. The molecule has 1 aliphatic heterocycles. The lowest BCUT2D eigenvalue weighted by molar-refractivity contribution is -0.384. The van der Waals surface area contributed by atoms with Crippen LogP contribution in [-0.2, 0) is 10.0 Å². The maximum Gasteiger partial charge on any atom is 0.271 e. The average molecular weight is 438 g/mol. The summed E-state index contributed by atoms with van der Waals surface area (Å²) in [5.41, 5.74) is 0.0153. The number of non-ortho nitro benzene ring substituents is 1. The summed E-state index contributed by atoms with van der Waals surface area (Å²) >= 11 is 6.12. The van der Waals surface area contributed by atoms with Crippen LogP contribution in [0.25, 0.3) is 0 Å². The monoisotopic (exact) mass is 437 g/mol. The van der Waals surface area contributed by atoms with E-state index in [2.05, 4.69) is 5.32 Å². The lowest BCUT2D eigenvalue weighted by Gasteiger charge is -2.20. The maximum absolute atomic E-state index is 13.0. The molecule has 1 amide bonds. The summed E-state index contributed by atoms with van der Waals surface area (Å²) in [4.78, 5) is 23.0. The largest absolute Gasteiger partial charge is 0.322 e. The van der Waals surface area contributed by atoms with E-state index in [4.69, 9.17) is 11.6 Å². The molecule has 1 fully saturated rings. The van der Waals surface area contributed by atoms with Crippen LogP contribution in [0.1, 0.15) is 36.0 Å². The molecule has 1 saturated heterocycles. The first-order valence-corrected chi connectivity index (χ1v) is 11.0. The summed E-state index contributed by atoms with van der Waals surface area (Å²) in [5.74, 6) is -0.650. The number of nitrogens with one attached hydrogen (secondary N) is 1. The van der Waals surface area contributed by atoms with Crippen LogP contribution < -0.4 is 5.32 Å². The van der Waals surface area contributed by atoms with Crippen LogP contribution in [0.2, 0.25) is 5.02 Å². The highest BCUT2D eigenvalue weighted by atomic mass is 35.5. The first kappa shape index (κ1) is 21.2. The summed E-state index contributed by atoms with van der Waals surface area (Å²) in [6, 6.07) is 9.45. The number of amides is 1. The number of hydrogen-bond acceptors (Lipinski definition) is 5. The predicted octanol–water partition coefficient (Wildman–Crippen LogP) is 4.07. The average Bonchev–Trinajstić information content (AvgIpc) is 2.98. The molecule has 2 aromatic rings. The molecule has 1 aliphatic rings. The second-order valence-electron chi connectivity index (χ2n) is 6.72. The zero-order valence-electron chi connectivity index (χ0n) is 15.5. The predicted molar refractivity (Wildman–Crippen MR) is 110 cm³/mol. The summed E-state index contributed by atoms with van der Waals surface area (Å²) in [5, 5.41) is 13.5. The lowest BCUT2D eigenvalue weighted by atomic mass is 10.2. The van der Waals surface area contributed by atoms with E-state index in [1.165, 1.54) is 46.8 Å². The third kappa shape index (κ3) is 4.92.